The number of anilines is 1. The van der Waals surface area contributed by atoms with E-state index in [0.717, 1.165) is 30.5 Å². The van der Waals surface area contributed by atoms with Gasteiger partial charge in [-0.05, 0) is 43.5 Å². The number of carbonyl (C=O) groups is 1. The molecule has 5 heteroatoms. The number of aliphatic hydroxyl groups is 1. The number of aromatic nitrogens is 1. The molecule has 2 heterocycles. The first-order valence-electron chi connectivity index (χ1n) is 7.93. The van der Waals surface area contributed by atoms with Crippen LogP contribution in [0.15, 0.2) is 42.6 Å². The molecule has 1 saturated heterocycles. The Morgan fingerprint density at radius 3 is 2.91 bits per heavy atom. The van der Waals surface area contributed by atoms with Crippen molar-refractivity contribution >= 4 is 11.6 Å². The summed E-state index contributed by atoms with van der Waals surface area (Å²) >= 11 is 0. The minimum absolute atomic E-state index is 0.0188. The number of likely N-dealkylation sites (tertiary alicyclic amines) is 1. The Bertz CT molecular complexity index is 685. The van der Waals surface area contributed by atoms with Crippen LogP contribution in [0.1, 0.15) is 29.6 Å². The molecule has 120 valence electrons. The summed E-state index contributed by atoms with van der Waals surface area (Å²) in [5.41, 5.74) is 8.57. The van der Waals surface area contributed by atoms with Gasteiger partial charge in [-0.15, -0.1) is 0 Å². The third-order valence-corrected chi connectivity index (χ3v) is 4.29. The highest BCUT2D eigenvalue weighted by molar-refractivity contribution is 5.95. The molecule has 0 bridgehead atoms. The van der Waals surface area contributed by atoms with Crippen molar-refractivity contribution in [2.45, 2.75) is 25.3 Å². The van der Waals surface area contributed by atoms with Gasteiger partial charge in [0.1, 0.15) is 0 Å². The fraction of sp³-hybridized carbons (Fsp3) is 0.333. The molecule has 5 nitrogen and oxygen atoms in total. The molecule has 0 unspecified atom stereocenters. The van der Waals surface area contributed by atoms with Gasteiger partial charge >= 0.3 is 0 Å². The van der Waals surface area contributed by atoms with Gasteiger partial charge in [-0.2, -0.15) is 0 Å². The molecule has 0 saturated carbocycles. The largest absolute Gasteiger partial charge is 0.397 e. The number of hydrogen-bond acceptors (Lipinski definition) is 4. The van der Waals surface area contributed by atoms with Crippen LogP contribution in [-0.4, -0.2) is 40.1 Å². The Morgan fingerprint density at radius 1 is 1.30 bits per heavy atom. The maximum Gasteiger partial charge on any atom is 0.254 e. The monoisotopic (exact) mass is 311 g/mol. The Morgan fingerprint density at radius 2 is 2.17 bits per heavy atom. The number of pyridine rings is 1. The number of rotatable bonds is 3. The molecule has 3 N–H and O–H groups in total. The van der Waals surface area contributed by atoms with E-state index in [1.807, 2.05) is 30.3 Å². The van der Waals surface area contributed by atoms with Crippen molar-refractivity contribution in [3.8, 4) is 11.3 Å². The van der Waals surface area contributed by atoms with Crippen LogP contribution in [0.25, 0.3) is 11.3 Å². The average Bonchev–Trinajstić information content (AvgIpc) is 2.62. The van der Waals surface area contributed by atoms with Crippen LogP contribution in [0.2, 0.25) is 0 Å². The molecule has 1 aliphatic rings. The minimum Gasteiger partial charge on any atom is -0.397 e. The predicted octanol–water partition coefficient (Wildman–Crippen LogP) is 2.32. The van der Waals surface area contributed by atoms with Crippen molar-refractivity contribution in [2.24, 2.45) is 0 Å². The van der Waals surface area contributed by atoms with Gasteiger partial charge in [0.2, 0.25) is 0 Å². The zero-order chi connectivity index (χ0) is 16.2. The third kappa shape index (κ3) is 3.35. The number of benzene rings is 1. The smallest absolute Gasteiger partial charge is 0.254 e. The van der Waals surface area contributed by atoms with Crippen molar-refractivity contribution in [1.29, 1.82) is 0 Å². The van der Waals surface area contributed by atoms with Crippen LogP contribution in [0.5, 0.6) is 0 Å². The number of hydrogen-bond donors (Lipinski definition) is 2. The van der Waals surface area contributed by atoms with E-state index in [-0.39, 0.29) is 18.6 Å². The van der Waals surface area contributed by atoms with Crippen LogP contribution in [0.4, 0.5) is 5.69 Å². The summed E-state index contributed by atoms with van der Waals surface area (Å²) in [5, 5.41) is 9.50. The summed E-state index contributed by atoms with van der Waals surface area (Å²) in [6.45, 7) is 0.722. The molecule has 1 aromatic heterocycles. The summed E-state index contributed by atoms with van der Waals surface area (Å²) in [5.74, 6) is -0.0268. The number of piperidine rings is 1. The highest BCUT2D eigenvalue weighted by Gasteiger charge is 2.26. The molecule has 0 spiro atoms. The number of nitrogens with zero attached hydrogens (tertiary/aromatic N) is 2. The van der Waals surface area contributed by atoms with Crippen LogP contribution >= 0.6 is 0 Å². The first kappa shape index (κ1) is 15.5. The topological polar surface area (TPSA) is 79.5 Å². The van der Waals surface area contributed by atoms with Crippen LogP contribution < -0.4 is 5.73 Å². The number of amides is 1. The van der Waals surface area contributed by atoms with E-state index in [1.54, 1.807) is 17.2 Å². The van der Waals surface area contributed by atoms with Crippen molar-refractivity contribution in [3.63, 3.8) is 0 Å². The normalized spacial score (nSPS) is 18.0. The molecule has 1 amide bonds. The molecular weight excluding hydrogens is 290 g/mol. The standard InChI is InChI=1S/C18H21N3O2/c19-15-7-8-17(20-11-15)13-4-3-5-14(10-13)18(23)21-9-2-1-6-16(21)12-22/h3-5,7-8,10-11,16,22H,1-2,6,9,12,19H2/t16-/m0/s1. The molecule has 1 fully saturated rings. The second-order valence-corrected chi connectivity index (χ2v) is 5.89. The van der Waals surface area contributed by atoms with Gasteiger partial charge in [-0.3, -0.25) is 9.78 Å². The molecular formula is C18H21N3O2. The van der Waals surface area contributed by atoms with Gasteiger partial charge in [0.05, 0.1) is 30.2 Å². The van der Waals surface area contributed by atoms with E-state index in [0.29, 0.717) is 17.8 Å². The Hall–Kier alpha value is -2.40. The SMILES string of the molecule is Nc1ccc(-c2cccc(C(=O)N3CCCC[C@H]3CO)c2)nc1. The fourth-order valence-corrected chi connectivity index (χ4v) is 3.01. The number of nitrogen functional groups attached to an aromatic ring is 1. The predicted molar refractivity (Wildman–Crippen MR) is 89.8 cm³/mol. The van der Waals surface area contributed by atoms with E-state index in [2.05, 4.69) is 4.98 Å². The highest BCUT2D eigenvalue weighted by Crippen LogP contribution is 2.23. The molecule has 1 atom stereocenters. The lowest BCUT2D eigenvalue weighted by Gasteiger charge is -2.34. The lowest BCUT2D eigenvalue weighted by atomic mass is 10.0. The first-order chi connectivity index (χ1) is 11.2. The van der Waals surface area contributed by atoms with Crippen LogP contribution in [0.3, 0.4) is 0 Å². The molecule has 1 aliphatic heterocycles. The molecule has 1 aromatic carbocycles. The van der Waals surface area contributed by atoms with Crippen molar-refractivity contribution in [2.75, 3.05) is 18.9 Å². The lowest BCUT2D eigenvalue weighted by molar-refractivity contribution is 0.0503. The van der Waals surface area contributed by atoms with Gasteiger partial charge < -0.3 is 15.7 Å². The third-order valence-electron chi connectivity index (χ3n) is 4.29. The van der Waals surface area contributed by atoms with Crippen molar-refractivity contribution < 1.29 is 9.90 Å². The Labute approximate surface area is 135 Å². The van der Waals surface area contributed by atoms with Crippen molar-refractivity contribution in [3.05, 3.63) is 48.2 Å². The summed E-state index contributed by atoms with van der Waals surface area (Å²) in [7, 11) is 0. The molecule has 23 heavy (non-hydrogen) atoms. The zero-order valence-corrected chi connectivity index (χ0v) is 13.0. The van der Waals surface area contributed by atoms with Gasteiger partial charge in [-0.25, -0.2) is 0 Å². The summed E-state index contributed by atoms with van der Waals surface area (Å²) in [6.07, 6.45) is 4.52. The quantitative estimate of drug-likeness (QED) is 0.911. The van der Waals surface area contributed by atoms with E-state index >= 15 is 0 Å². The van der Waals surface area contributed by atoms with Gasteiger partial charge in [0.25, 0.3) is 5.91 Å². The number of nitrogens with two attached hydrogens (primary N) is 1. The highest BCUT2D eigenvalue weighted by atomic mass is 16.3. The maximum atomic E-state index is 12.8. The van der Waals surface area contributed by atoms with Gasteiger partial charge in [0.15, 0.2) is 0 Å². The Balaban J connectivity index is 1.86. The molecule has 2 aromatic rings. The maximum absolute atomic E-state index is 12.8. The lowest BCUT2D eigenvalue weighted by Crippen LogP contribution is -2.45. The zero-order valence-electron chi connectivity index (χ0n) is 13.0. The van der Waals surface area contributed by atoms with E-state index in [4.69, 9.17) is 5.73 Å². The van der Waals surface area contributed by atoms with Gasteiger partial charge in [-0.1, -0.05) is 12.1 Å². The van der Waals surface area contributed by atoms with E-state index in [9.17, 15) is 9.90 Å². The number of carbonyl (C=O) groups excluding carboxylic acids is 1. The van der Waals surface area contributed by atoms with Crippen molar-refractivity contribution in [1.82, 2.24) is 9.88 Å². The van der Waals surface area contributed by atoms with Crippen LogP contribution in [-0.2, 0) is 0 Å². The second kappa shape index (κ2) is 6.79. The van der Waals surface area contributed by atoms with E-state index in [1.165, 1.54) is 0 Å². The summed E-state index contributed by atoms with van der Waals surface area (Å²) in [4.78, 5) is 18.9. The average molecular weight is 311 g/mol. The minimum atomic E-state index is -0.0745. The summed E-state index contributed by atoms with van der Waals surface area (Å²) < 4.78 is 0. The molecule has 0 radical (unpaired) electrons. The van der Waals surface area contributed by atoms with Crippen LogP contribution in [0, 0.1) is 0 Å². The first-order valence-corrected chi connectivity index (χ1v) is 7.93. The second-order valence-electron chi connectivity index (χ2n) is 5.89. The fourth-order valence-electron chi connectivity index (χ4n) is 3.01. The Kier molecular flexibility index (Phi) is 4.57. The summed E-state index contributed by atoms with van der Waals surface area (Å²) in [6, 6.07) is 11.0. The van der Waals surface area contributed by atoms with Gasteiger partial charge in [0, 0.05) is 17.7 Å². The molecule has 0 aliphatic carbocycles. The number of aliphatic hydroxyl groups excluding tert-OH is 1. The van der Waals surface area contributed by atoms with E-state index < -0.39 is 0 Å². The molecule has 3 rings (SSSR count).